The van der Waals surface area contributed by atoms with Gasteiger partial charge in [0.25, 0.3) is 0 Å². The molecule has 0 unspecified atom stereocenters. The molecule has 0 amide bonds. The number of halogens is 3. The molecule has 2 heterocycles. The second-order valence-electron chi connectivity index (χ2n) is 7.47. The molecule has 0 fully saturated rings. The number of alkyl halides is 3. The Labute approximate surface area is 201 Å². The number of nitrogens with zero attached hydrogens (tertiary/aromatic N) is 4. The van der Waals surface area contributed by atoms with Crippen LogP contribution in [0.1, 0.15) is 19.4 Å². The fourth-order valence-electron chi connectivity index (χ4n) is 2.89. The maximum absolute atomic E-state index is 12.2. The van der Waals surface area contributed by atoms with Gasteiger partial charge in [0.1, 0.15) is 0 Å². The molecule has 0 saturated heterocycles. The number of aromatic amines is 1. The molecule has 184 valence electrons. The molecule has 0 spiro atoms. The number of anilines is 3. The summed E-state index contributed by atoms with van der Waals surface area (Å²) in [5.41, 5.74) is 4.27. The van der Waals surface area contributed by atoms with Crippen molar-refractivity contribution in [1.29, 1.82) is 0 Å². The Morgan fingerprint density at radius 2 is 1.86 bits per heavy atom. The van der Waals surface area contributed by atoms with Crippen LogP contribution in [0.25, 0.3) is 10.2 Å². The molecular weight excluding hydrogens is 485 g/mol. The van der Waals surface area contributed by atoms with Gasteiger partial charge in [-0.05, 0) is 37.6 Å². The Morgan fingerprint density at radius 3 is 2.49 bits per heavy atom. The summed E-state index contributed by atoms with van der Waals surface area (Å²) < 4.78 is 32.8. The minimum Gasteiger partial charge on any atom is -0.475 e. The lowest BCUT2D eigenvalue weighted by molar-refractivity contribution is -0.192. The van der Waals surface area contributed by atoms with Crippen LogP contribution in [0.3, 0.4) is 0 Å². The second-order valence-corrected chi connectivity index (χ2v) is 8.36. The van der Waals surface area contributed by atoms with Gasteiger partial charge in [-0.25, -0.2) is 14.6 Å². The van der Waals surface area contributed by atoms with Gasteiger partial charge >= 0.3 is 17.8 Å². The third-order valence-electron chi connectivity index (χ3n) is 4.55. The van der Waals surface area contributed by atoms with Crippen molar-refractivity contribution in [1.82, 2.24) is 19.9 Å². The van der Waals surface area contributed by atoms with Crippen molar-refractivity contribution in [3.8, 4) is 0 Å². The van der Waals surface area contributed by atoms with E-state index < -0.39 is 17.8 Å². The molecule has 0 aliphatic rings. The Bertz CT molecular complexity index is 1340. The van der Waals surface area contributed by atoms with E-state index in [1.54, 1.807) is 11.3 Å². The summed E-state index contributed by atoms with van der Waals surface area (Å²) in [6.45, 7) is 4.73. The number of benzene rings is 2. The maximum atomic E-state index is 12.2. The number of hydrogen-bond donors (Lipinski definition) is 3. The van der Waals surface area contributed by atoms with Crippen LogP contribution in [0.2, 0.25) is 0 Å². The third-order valence-corrected chi connectivity index (χ3v) is 5.34. The molecule has 0 saturated carbocycles. The van der Waals surface area contributed by atoms with Crippen LogP contribution >= 0.6 is 11.3 Å². The first-order valence-corrected chi connectivity index (χ1v) is 11.1. The first-order valence-electron chi connectivity index (χ1n) is 10.2. The molecule has 35 heavy (non-hydrogen) atoms. The predicted molar refractivity (Wildman–Crippen MR) is 127 cm³/mol. The Kier molecular flexibility index (Phi) is 8.02. The minimum absolute atomic E-state index is 0.128. The second kappa shape index (κ2) is 11.0. The van der Waals surface area contributed by atoms with Crippen molar-refractivity contribution in [2.75, 3.05) is 10.2 Å². The molecule has 3 N–H and O–H groups in total. The first-order chi connectivity index (χ1) is 16.5. The highest BCUT2D eigenvalue weighted by molar-refractivity contribution is 7.16. The largest absolute Gasteiger partial charge is 0.490 e. The number of thiazole rings is 1. The zero-order chi connectivity index (χ0) is 25.6. The van der Waals surface area contributed by atoms with Crippen molar-refractivity contribution in [3.63, 3.8) is 0 Å². The zero-order valence-electron chi connectivity index (χ0n) is 18.6. The molecular formula is C22H21F3N6O3S. The molecule has 13 heteroatoms. The number of aromatic nitrogens is 4. The molecule has 4 aromatic rings. The van der Waals surface area contributed by atoms with Gasteiger partial charge in [0, 0.05) is 18.3 Å². The number of aliphatic carboxylic acids is 1. The van der Waals surface area contributed by atoms with Gasteiger partial charge < -0.3 is 15.3 Å². The molecule has 0 radical (unpaired) electrons. The number of hydrogen-bond acceptors (Lipinski definition) is 8. The van der Waals surface area contributed by atoms with E-state index in [0.29, 0.717) is 18.4 Å². The van der Waals surface area contributed by atoms with Gasteiger partial charge in [-0.2, -0.15) is 23.1 Å². The van der Waals surface area contributed by atoms with E-state index in [9.17, 15) is 18.0 Å². The zero-order valence-corrected chi connectivity index (χ0v) is 19.4. The molecule has 4 rings (SSSR count). The molecule has 9 nitrogen and oxygen atoms in total. The summed E-state index contributed by atoms with van der Waals surface area (Å²) in [6.07, 6.45) is -5.08. The maximum Gasteiger partial charge on any atom is 0.490 e. The summed E-state index contributed by atoms with van der Waals surface area (Å²) in [5.74, 6) is -2.01. The van der Waals surface area contributed by atoms with Gasteiger partial charge in [-0.3, -0.25) is 4.98 Å². The van der Waals surface area contributed by atoms with Crippen molar-refractivity contribution in [2.45, 2.75) is 32.6 Å². The van der Waals surface area contributed by atoms with Crippen molar-refractivity contribution >= 4 is 45.1 Å². The lowest BCUT2D eigenvalue weighted by atomic mass is 10.2. The number of H-pyrrole nitrogens is 1. The first kappa shape index (κ1) is 25.6. The van der Waals surface area contributed by atoms with Gasteiger partial charge in [0.15, 0.2) is 0 Å². The average Bonchev–Trinajstić information content (AvgIpc) is 3.25. The smallest absolute Gasteiger partial charge is 0.475 e. The van der Waals surface area contributed by atoms with Gasteiger partial charge in [0.2, 0.25) is 11.9 Å². The SMILES string of the molecule is CC(C)N(Cc1ccccc1)c1nc(Nc2ccc3ncsc3c2)[nH]c(=O)n1.O=C(O)C(F)(F)F. The Hall–Kier alpha value is -4.00. The van der Waals surface area contributed by atoms with Crippen LogP contribution in [0.5, 0.6) is 0 Å². The highest BCUT2D eigenvalue weighted by atomic mass is 32.1. The fraction of sp³-hybridized carbons (Fsp3) is 0.227. The van der Waals surface area contributed by atoms with Crippen molar-refractivity contribution in [2.24, 2.45) is 0 Å². The lowest BCUT2D eigenvalue weighted by Crippen LogP contribution is -2.34. The molecule has 0 aliphatic carbocycles. The molecule has 0 bridgehead atoms. The summed E-state index contributed by atoms with van der Waals surface area (Å²) in [6, 6.07) is 16.0. The van der Waals surface area contributed by atoms with Crippen LogP contribution in [0.15, 0.2) is 58.8 Å². The van der Waals surface area contributed by atoms with E-state index in [2.05, 4.69) is 39.1 Å². The number of nitrogens with one attached hydrogen (secondary N) is 2. The summed E-state index contributed by atoms with van der Waals surface area (Å²) in [4.78, 5) is 38.7. The topological polar surface area (TPSA) is 124 Å². The van der Waals surface area contributed by atoms with E-state index in [4.69, 9.17) is 9.90 Å². The summed E-state index contributed by atoms with van der Waals surface area (Å²) >= 11 is 1.56. The normalized spacial score (nSPS) is 11.1. The minimum atomic E-state index is -5.08. The number of rotatable bonds is 6. The third kappa shape index (κ3) is 7.24. The predicted octanol–water partition coefficient (Wildman–Crippen LogP) is 4.57. The van der Waals surface area contributed by atoms with E-state index in [-0.39, 0.29) is 6.04 Å². The van der Waals surface area contributed by atoms with Crippen LogP contribution in [-0.4, -0.2) is 43.2 Å². The van der Waals surface area contributed by atoms with Crippen LogP contribution in [-0.2, 0) is 11.3 Å². The number of carbonyl (C=O) groups is 1. The quantitative estimate of drug-likeness (QED) is 0.348. The Balaban J connectivity index is 0.000000429. The summed E-state index contributed by atoms with van der Waals surface area (Å²) in [7, 11) is 0. The Morgan fingerprint density at radius 1 is 1.17 bits per heavy atom. The number of fused-ring (bicyclic) bond motifs is 1. The van der Waals surface area contributed by atoms with E-state index in [1.807, 2.05) is 58.9 Å². The highest BCUT2D eigenvalue weighted by Crippen LogP contribution is 2.24. The number of carboxylic acids is 1. The molecule has 2 aromatic heterocycles. The lowest BCUT2D eigenvalue weighted by Gasteiger charge is -2.26. The van der Waals surface area contributed by atoms with E-state index in [1.165, 1.54) is 0 Å². The highest BCUT2D eigenvalue weighted by Gasteiger charge is 2.38. The van der Waals surface area contributed by atoms with Crippen LogP contribution in [0.4, 0.5) is 30.8 Å². The fourth-order valence-corrected chi connectivity index (χ4v) is 3.61. The van der Waals surface area contributed by atoms with Crippen molar-refractivity contribution < 1.29 is 23.1 Å². The summed E-state index contributed by atoms with van der Waals surface area (Å²) in [5, 5.41) is 10.3. The van der Waals surface area contributed by atoms with E-state index >= 15 is 0 Å². The van der Waals surface area contributed by atoms with Gasteiger partial charge in [-0.1, -0.05) is 30.3 Å². The molecule has 2 aromatic carbocycles. The van der Waals surface area contributed by atoms with Gasteiger partial charge in [0.05, 0.1) is 15.7 Å². The average molecular weight is 507 g/mol. The number of carboxylic acid groups (broad SMARTS) is 1. The van der Waals surface area contributed by atoms with Crippen LogP contribution < -0.4 is 15.9 Å². The molecule has 0 atom stereocenters. The molecule has 0 aliphatic heterocycles. The monoisotopic (exact) mass is 506 g/mol. The van der Waals surface area contributed by atoms with Crippen molar-refractivity contribution in [3.05, 3.63) is 70.1 Å². The van der Waals surface area contributed by atoms with E-state index in [0.717, 1.165) is 21.5 Å². The standard InChI is InChI=1S/C20H20N6OS.C2HF3O2/c1-13(2)26(11-14-6-4-3-5-7-14)19-23-18(24-20(27)25-19)22-15-8-9-16-17(10-15)28-12-21-16;3-2(4,5)1(6)7/h3-10,12-13H,11H2,1-2H3,(H2,22,23,24,25,27);(H,6,7). The van der Waals surface area contributed by atoms with Gasteiger partial charge in [-0.15, -0.1) is 11.3 Å². The van der Waals surface area contributed by atoms with Crippen LogP contribution in [0, 0.1) is 0 Å².